The van der Waals surface area contributed by atoms with Gasteiger partial charge in [0.1, 0.15) is 5.54 Å². The van der Waals surface area contributed by atoms with Crippen molar-refractivity contribution in [2.75, 3.05) is 0 Å². The van der Waals surface area contributed by atoms with E-state index in [2.05, 4.69) is 0 Å². The summed E-state index contributed by atoms with van der Waals surface area (Å²) in [7, 11) is 0. The van der Waals surface area contributed by atoms with Crippen LogP contribution in [0.15, 0.2) is 0 Å². The highest BCUT2D eigenvalue weighted by Gasteiger charge is 2.26. The first-order chi connectivity index (χ1) is 5.86. The summed E-state index contributed by atoms with van der Waals surface area (Å²) in [5.74, 6) is -1.92. The Morgan fingerprint density at radius 3 is 2.23 bits per heavy atom. The molecule has 5 nitrogen and oxygen atoms in total. The van der Waals surface area contributed by atoms with Crippen molar-refractivity contribution < 1.29 is 19.8 Å². The average Bonchev–Trinajstić information content (AvgIpc) is 1.97. The topological polar surface area (TPSA) is 101 Å². The molecule has 0 amide bonds. The standard InChI is InChI=1S/C8H15NO4/c1-8(9,7(12)13)5-3-2-4-6(10)11/h2-5,9H2,1H3,(H,10,11)(H,12,13). The van der Waals surface area contributed by atoms with E-state index >= 15 is 0 Å². The molecule has 0 heterocycles. The summed E-state index contributed by atoms with van der Waals surface area (Å²) in [5, 5.41) is 16.9. The van der Waals surface area contributed by atoms with Crippen LogP contribution in [0.25, 0.3) is 0 Å². The molecule has 5 heteroatoms. The molecule has 0 aliphatic rings. The zero-order valence-electron chi connectivity index (χ0n) is 7.62. The van der Waals surface area contributed by atoms with Gasteiger partial charge in [-0.3, -0.25) is 9.59 Å². The Hall–Kier alpha value is -1.10. The molecule has 1 atom stereocenters. The molecule has 0 aliphatic heterocycles. The molecule has 0 aromatic rings. The molecule has 0 saturated heterocycles. The molecule has 4 N–H and O–H groups in total. The first kappa shape index (κ1) is 11.9. The third-order valence-electron chi connectivity index (χ3n) is 1.83. The second-order valence-electron chi connectivity index (χ2n) is 3.32. The van der Waals surface area contributed by atoms with E-state index in [1.807, 2.05) is 0 Å². The third-order valence-corrected chi connectivity index (χ3v) is 1.83. The van der Waals surface area contributed by atoms with E-state index in [0.717, 1.165) is 0 Å². The van der Waals surface area contributed by atoms with Crippen molar-refractivity contribution in [3.8, 4) is 0 Å². The zero-order valence-corrected chi connectivity index (χ0v) is 7.62. The summed E-state index contributed by atoms with van der Waals surface area (Å²) in [6, 6.07) is 0. The number of nitrogens with two attached hydrogens (primary N) is 1. The molecule has 76 valence electrons. The van der Waals surface area contributed by atoms with E-state index in [1.165, 1.54) is 6.92 Å². The van der Waals surface area contributed by atoms with Crippen molar-refractivity contribution in [3.05, 3.63) is 0 Å². The number of carboxylic acids is 2. The van der Waals surface area contributed by atoms with Gasteiger partial charge in [-0.25, -0.2) is 0 Å². The van der Waals surface area contributed by atoms with Crippen molar-refractivity contribution >= 4 is 11.9 Å². The largest absolute Gasteiger partial charge is 0.481 e. The third kappa shape index (κ3) is 5.19. The molecular weight excluding hydrogens is 174 g/mol. The van der Waals surface area contributed by atoms with Crippen LogP contribution in [0.1, 0.15) is 32.6 Å². The van der Waals surface area contributed by atoms with Crippen LogP contribution in [0, 0.1) is 0 Å². The second kappa shape index (κ2) is 4.81. The lowest BCUT2D eigenvalue weighted by Crippen LogP contribution is -2.44. The first-order valence-corrected chi connectivity index (χ1v) is 4.10. The van der Waals surface area contributed by atoms with Crippen LogP contribution in [-0.2, 0) is 9.59 Å². The zero-order chi connectivity index (χ0) is 10.5. The molecule has 0 spiro atoms. The monoisotopic (exact) mass is 189 g/mol. The predicted molar refractivity (Wildman–Crippen MR) is 46.3 cm³/mol. The lowest BCUT2D eigenvalue weighted by Gasteiger charge is -2.18. The Bertz CT molecular complexity index is 200. The molecule has 0 rings (SSSR count). The Morgan fingerprint density at radius 1 is 1.31 bits per heavy atom. The highest BCUT2D eigenvalue weighted by Crippen LogP contribution is 2.11. The van der Waals surface area contributed by atoms with Gasteiger partial charge in [-0.1, -0.05) is 6.42 Å². The summed E-state index contributed by atoms with van der Waals surface area (Å²) in [4.78, 5) is 20.6. The summed E-state index contributed by atoms with van der Waals surface area (Å²) < 4.78 is 0. The minimum absolute atomic E-state index is 0.0652. The number of hydrogen-bond donors (Lipinski definition) is 3. The maximum atomic E-state index is 10.5. The average molecular weight is 189 g/mol. The fraction of sp³-hybridized carbons (Fsp3) is 0.750. The Morgan fingerprint density at radius 2 is 1.85 bits per heavy atom. The fourth-order valence-corrected chi connectivity index (χ4v) is 0.875. The SMILES string of the molecule is CC(N)(CCCCC(=O)O)C(=O)O. The van der Waals surface area contributed by atoms with E-state index in [1.54, 1.807) is 0 Å². The van der Waals surface area contributed by atoms with Gasteiger partial charge in [0.25, 0.3) is 0 Å². The van der Waals surface area contributed by atoms with Crippen molar-refractivity contribution in [1.29, 1.82) is 0 Å². The summed E-state index contributed by atoms with van der Waals surface area (Å²) >= 11 is 0. The van der Waals surface area contributed by atoms with Gasteiger partial charge in [0.15, 0.2) is 0 Å². The van der Waals surface area contributed by atoms with E-state index in [9.17, 15) is 9.59 Å². The lowest BCUT2D eigenvalue weighted by molar-refractivity contribution is -0.142. The van der Waals surface area contributed by atoms with Crippen LogP contribution in [-0.4, -0.2) is 27.7 Å². The lowest BCUT2D eigenvalue weighted by atomic mass is 9.96. The van der Waals surface area contributed by atoms with Gasteiger partial charge in [0.2, 0.25) is 0 Å². The van der Waals surface area contributed by atoms with Gasteiger partial charge in [-0.15, -0.1) is 0 Å². The molecule has 1 unspecified atom stereocenters. The van der Waals surface area contributed by atoms with Gasteiger partial charge in [-0.05, 0) is 19.8 Å². The Kier molecular flexibility index (Phi) is 4.40. The maximum Gasteiger partial charge on any atom is 0.323 e. The highest BCUT2D eigenvalue weighted by atomic mass is 16.4. The Labute approximate surface area is 76.5 Å². The summed E-state index contributed by atoms with van der Waals surface area (Å²) in [6.45, 7) is 1.43. The van der Waals surface area contributed by atoms with Crippen LogP contribution >= 0.6 is 0 Å². The molecule has 0 saturated carbocycles. The quantitative estimate of drug-likeness (QED) is 0.526. The van der Waals surface area contributed by atoms with Gasteiger partial charge in [-0.2, -0.15) is 0 Å². The molecular formula is C8H15NO4. The van der Waals surface area contributed by atoms with Gasteiger partial charge in [0, 0.05) is 6.42 Å². The fourth-order valence-electron chi connectivity index (χ4n) is 0.875. The van der Waals surface area contributed by atoms with Crippen LogP contribution in [0.4, 0.5) is 0 Å². The van der Waals surface area contributed by atoms with E-state index in [0.29, 0.717) is 19.3 Å². The minimum atomic E-state index is -1.24. The second-order valence-corrected chi connectivity index (χ2v) is 3.32. The van der Waals surface area contributed by atoms with Crippen molar-refractivity contribution in [2.24, 2.45) is 5.73 Å². The number of hydrogen-bond acceptors (Lipinski definition) is 3. The number of carboxylic acid groups (broad SMARTS) is 2. The number of unbranched alkanes of at least 4 members (excludes halogenated alkanes) is 1. The van der Waals surface area contributed by atoms with E-state index < -0.39 is 17.5 Å². The van der Waals surface area contributed by atoms with Gasteiger partial charge in [0.05, 0.1) is 0 Å². The highest BCUT2D eigenvalue weighted by molar-refractivity contribution is 5.77. The first-order valence-electron chi connectivity index (χ1n) is 4.10. The minimum Gasteiger partial charge on any atom is -0.481 e. The smallest absolute Gasteiger partial charge is 0.323 e. The van der Waals surface area contributed by atoms with Crippen molar-refractivity contribution in [2.45, 2.75) is 38.1 Å². The molecule has 0 radical (unpaired) electrons. The Balaban J connectivity index is 3.64. The number of aliphatic carboxylic acids is 2. The summed E-state index contributed by atoms with van der Waals surface area (Å²) in [6.07, 6.45) is 1.35. The van der Waals surface area contributed by atoms with Crippen LogP contribution < -0.4 is 5.73 Å². The molecule has 0 aromatic heterocycles. The van der Waals surface area contributed by atoms with Crippen molar-refractivity contribution in [3.63, 3.8) is 0 Å². The van der Waals surface area contributed by atoms with Crippen LogP contribution in [0.2, 0.25) is 0 Å². The van der Waals surface area contributed by atoms with Gasteiger partial charge >= 0.3 is 11.9 Å². The maximum absolute atomic E-state index is 10.5. The number of carbonyl (C=O) groups is 2. The van der Waals surface area contributed by atoms with E-state index in [-0.39, 0.29) is 6.42 Å². The van der Waals surface area contributed by atoms with Crippen LogP contribution in [0.5, 0.6) is 0 Å². The van der Waals surface area contributed by atoms with Crippen molar-refractivity contribution in [1.82, 2.24) is 0 Å². The molecule has 13 heavy (non-hydrogen) atoms. The van der Waals surface area contributed by atoms with Crippen LogP contribution in [0.3, 0.4) is 0 Å². The van der Waals surface area contributed by atoms with Gasteiger partial charge < -0.3 is 15.9 Å². The predicted octanol–water partition coefficient (Wildman–Crippen LogP) is 0.433. The normalized spacial score (nSPS) is 14.9. The number of rotatable bonds is 6. The molecule has 0 bridgehead atoms. The summed E-state index contributed by atoms with van der Waals surface area (Å²) in [5.41, 5.74) is 4.19. The molecule has 0 aliphatic carbocycles. The van der Waals surface area contributed by atoms with E-state index in [4.69, 9.17) is 15.9 Å². The molecule has 0 fully saturated rings. The molecule has 0 aromatic carbocycles.